The van der Waals surface area contributed by atoms with Crippen molar-refractivity contribution in [3.05, 3.63) is 65.9 Å². The summed E-state index contributed by atoms with van der Waals surface area (Å²) in [5, 5.41) is 11.1. The lowest BCUT2D eigenvalue weighted by molar-refractivity contribution is 0.256. The lowest BCUT2D eigenvalue weighted by atomic mass is 10.2. The van der Waals surface area contributed by atoms with Gasteiger partial charge in [-0.05, 0) is 25.1 Å². The number of rotatable bonds is 3. The van der Waals surface area contributed by atoms with Crippen LogP contribution in [0, 0.1) is 6.92 Å². The van der Waals surface area contributed by atoms with E-state index in [1.165, 1.54) is 12.1 Å². The SMILES string of the molecule is Cc1ccc(S(=O)(=O)C(O)c2c[nH]c3ccccc23)cc1. The summed E-state index contributed by atoms with van der Waals surface area (Å²) in [6, 6.07) is 13.8. The zero-order valence-electron chi connectivity index (χ0n) is 11.4. The maximum atomic E-state index is 12.5. The maximum absolute atomic E-state index is 12.5. The molecular formula is C16H15NO3S. The van der Waals surface area contributed by atoms with Gasteiger partial charge in [-0.25, -0.2) is 8.42 Å². The number of benzene rings is 2. The highest BCUT2D eigenvalue weighted by atomic mass is 32.2. The third-order valence-electron chi connectivity index (χ3n) is 3.53. The third kappa shape index (κ3) is 2.34. The third-order valence-corrected chi connectivity index (χ3v) is 5.30. The molecule has 108 valence electrons. The second-order valence-corrected chi connectivity index (χ2v) is 7.01. The number of para-hydroxylation sites is 1. The lowest BCUT2D eigenvalue weighted by Crippen LogP contribution is -2.12. The molecule has 3 aromatic rings. The van der Waals surface area contributed by atoms with Crippen molar-refractivity contribution in [2.45, 2.75) is 17.3 Å². The van der Waals surface area contributed by atoms with E-state index in [9.17, 15) is 13.5 Å². The number of aryl methyl sites for hydroxylation is 1. The number of aromatic nitrogens is 1. The van der Waals surface area contributed by atoms with Gasteiger partial charge in [0.1, 0.15) is 0 Å². The molecule has 1 unspecified atom stereocenters. The zero-order chi connectivity index (χ0) is 15.0. The van der Waals surface area contributed by atoms with Gasteiger partial charge >= 0.3 is 0 Å². The van der Waals surface area contributed by atoms with Crippen molar-refractivity contribution in [1.29, 1.82) is 0 Å². The number of sulfone groups is 1. The van der Waals surface area contributed by atoms with Crippen LogP contribution in [-0.2, 0) is 9.84 Å². The number of nitrogens with one attached hydrogen (secondary N) is 1. The van der Waals surface area contributed by atoms with Gasteiger partial charge in [-0.15, -0.1) is 0 Å². The van der Waals surface area contributed by atoms with Gasteiger partial charge in [0.05, 0.1) is 4.90 Å². The molecule has 4 nitrogen and oxygen atoms in total. The van der Waals surface area contributed by atoms with Gasteiger partial charge in [-0.3, -0.25) is 0 Å². The summed E-state index contributed by atoms with van der Waals surface area (Å²) in [4.78, 5) is 3.09. The molecule has 0 fully saturated rings. The predicted molar refractivity (Wildman–Crippen MR) is 81.6 cm³/mol. The fourth-order valence-corrected chi connectivity index (χ4v) is 3.62. The molecule has 0 bridgehead atoms. The summed E-state index contributed by atoms with van der Waals surface area (Å²) in [5.74, 6) is 0. The summed E-state index contributed by atoms with van der Waals surface area (Å²) < 4.78 is 25.0. The van der Waals surface area contributed by atoms with Gasteiger partial charge in [0.25, 0.3) is 0 Å². The van der Waals surface area contributed by atoms with Crippen LogP contribution in [0.4, 0.5) is 0 Å². The molecule has 5 heteroatoms. The normalized spacial score (nSPS) is 13.4. The minimum absolute atomic E-state index is 0.117. The number of fused-ring (bicyclic) bond motifs is 1. The monoisotopic (exact) mass is 301 g/mol. The molecule has 0 radical (unpaired) electrons. The van der Waals surface area contributed by atoms with Crippen LogP contribution in [-0.4, -0.2) is 18.5 Å². The first kappa shape index (κ1) is 13.9. The number of hydrogen-bond donors (Lipinski definition) is 2. The molecule has 1 atom stereocenters. The maximum Gasteiger partial charge on any atom is 0.209 e. The predicted octanol–water partition coefficient (Wildman–Crippen LogP) is 2.94. The molecule has 0 spiro atoms. The molecule has 0 saturated heterocycles. The van der Waals surface area contributed by atoms with Crippen LogP contribution < -0.4 is 0 Å². The molecule has 0 aliphatic carbocycles. The molecule has 21 heavy (non-hydrogen) atoms. The topological polar surface area (TPSA) is 70.2 Å². The average molecular weight is 301 g/mol. The Hall–Kier alpha value is -2.11. The molecule has 2 N–H and O–H groups in total. The van der Waals surface area contributed by atoms with Gasteiger partial charge in [0.15, 0.2) is 5.44 Å². The number of aromatic amines is 1. The van der Waals surface area contributed by atoms with Crippen molar-refractivity contribution < 1.29 is 13.5 Å². The van der Waals surface area contributed by atoms with E-state index in [1.807, 2.05) is 25.1 Å². The van der Waals surface area contributed by atoms with Gasteiger partial charge < -0.3 is 10.1 Å². The lowest BCUT2D eigenvalue weighted by Gasteiger charge is -2.11. The van der Waals surface area contributed by atoms with E-state index in [2.05, 4.69) is 4.98 Å². The highest BCUT2D eigenvalue weighted by molar-refractivity contribution is 7.91. The van der Waals surface area contributed by atoms with E-state index in [-0.39, 0.29) is 4.90 Å². The Morgan fingerprint density at radius 1 is 1.05 bits per heavy atom. The largest absolute Gasteiger partial charge is 0.373 e. The van der Waals surface area contributed by atoms with E-state index in [0.29, 0.717) is 10.9 Å². The Balaban J connectivity index is 2.08. The number of aliphatic hydroxyl groups is 1. The van der Waals surface area contributed by atoms with E-state index >= 15 is 0 Å². The van der Waals surface area contributed by atoms with Crippen molar-refractivity contribution in [1.82, 2.24) is 4.98 Å². The molecule has 0 aliphatic heterocycles. The highest BCUT2D eigenvalue weighted by Gasteiger charge is 2.28. The van der Waals surface area contributed by atoms with E-state index in [0.717, 1.165) is 11.1 Å². The van der Waals surface area contributed by atoms with E-state index < -0.39 is 15.3 Å². The van der Waals surface area contributed by atoms with Gasteiger partial charge in [0.2, 0.25) is 9.84 Å². The Morgan fingerprint density at radius 3 is 2.43 bits per heavy atom. The summed E-state index contributed by atoms with van der Waals surface area (Å²) in [6.45, 7) is 1.88. The summed E-state index contributed by atoms with van der Waals surface area (Å²) in [5.41, 5.74) is 0.545. The Bertz CT molecular complexity index is 879. The number of aliphatic hydroxyl groups excluding tert-OH is 1. The summed E-state index contributed by atoms with van der Waals surface area (Å²) >= 11 is 0. The van der Waals surface area contributed by atoms with Gasteiger partial charge in [-0.1, -0.05) is 35.9 Å². The highest BCUT2D eigenvalue weighted by Crippen LogP contribution is 2.31. The molecule has 3 rings (SSSR count). The van der Waals surface area contributed by atoms with Crippen molar-refractivity contribution in [3.8, 4) is 0 Å². The van der Waals surface area contributed by atoms with Crippen LogP contribution in [0.15, 0.2) is 59.6 Å². The van der Waals surface area contributed by atoms with Crippen LogP contribution >= 0.6 is 0 Å². The molecule has 1 aromatic heterocycles. The quantitative estimate of drug-likeness (QED) is 0.781. The number of hydrogen-bond acceptors (Lipinski definition) is 3. The molecule has 0 amide bonds. The first-order valence-electron chi connectivity index (χ1n) is 6.55. The van der Waals surface area contributed by atoms with Crippen LogP contribution in [0.2, 0.25) is 0 Å². The second-order valence-electron chi connectivity index (χ2n) is 5.00. The van der Waals surface area contributed by atoms with E-state index in [1.54, 1.807) is 24.4 Å². The average Bonchev–Trinajstić information content (AvgIpc) is 2.90. The molecule has 0 saturated carbocycles. The Labute approximate surface area is 123 Å². The van der Waals surface area contributed by atoms with Crippen molar-refractivity contribution in [2.75, 3.05) is 0 Å². The first-order valence-corrected chi connectivity index (χ1v) is 8.09. The minimum Gasteiger partial charge on any atom is -0.373 e. The second kappa shape index (κ2) is 5.02. The molecule has 0 aliphatic rings. The van der Waals surface area contributed by atoms with Crippen LogP contribution in [0.3, 0.4) is 0 Å². The Morgan fingerprint density at radius 2 is 1.71 bits per heavy atom. The van der Waals surface area contributed by atoms with Gasteiger partial charge in [-0.2, -0.15) is 0 Å². The van der Waals surface area contributed by atoms with Crippen molar-refractivity contribution in [2.24, 2.45) is 0 Å². The smallest absolute Gasteiger partial charge is 0.209 e. The van der Waals surface area contributed by atoms with Crippen LogP contribution in [0.25, 0.3) is 10.9 Å². The van der Waals surface area contributed by atoms with Crippen LogP contribution in [0.5, 0.6) is 0 Å². The Kier molecular flexibility index (Phi) is 3.31. The summed E-state index contributed by atoms with van der Waals surface area (Å²) in [6.07, 6.45) is 1.54. The fourth-order valence-electron chi connectivity index (χ4n) is 2.32. The minimum atomic E-state index is -3.83. The zero-order valence-corrected chi connectivity index (χ0v) is 12.3. The van der Waals surface area contributed by atoms with Gasteiger partial charge in [0, 0.05) is 22.7 Å². The van der Waals surface area contributed by atoms with Crippen molar-refractivity contribution in [3.63, 3.8) is 0 Å². The van der Waals surface area contributed by atoms with Crippen LogP contribution in [0.1, 0.15) is 16.6 Å². The molecule has 2 aromatic carbocycles. The molecular weight excluding hydrogens is 286 g/mol. The standard InChI is InChI=1S/C16H15NO3S/c1-11-6-8-12(9-7-11)21(19,20)16(18)14-10-17-15-5-3-2-4-13(14)15/h2-10,16-18H,1H3. The number of H-pyrrole nitrogens is 1. The molecule has 1 heterocycles. The van der Waals surface area contributed by atoms with Crippen molar-refractivity contribution >= 4 is 20.7 Å². The first-order chi connectivity index (χ1) is 10.00. The van der Waals surface area contributed by atoms with E-state index in [4.69, 9.17) is 0 Å². The summed E-state index contributed by atoms with van der Waals surface area (Å²) in [7, 11) is -3.83. The fraction of sp³-hybridized carbons (Fsp3) is 0.125.